The molecule has 1 aromatic heterocycles. The fourth-order valence-electron chi connectivity index (χ4n) is 1.39. The molecule has 0 aliphatic rings. The summed E-state index contributed by atoms with van der Waals surface area (Å²) >= 11 is 12.0. The van der Waals surface area contributed by atoms with Crippen molar-refractivity contribution in [3.05, 3.63) is 16.1 Å². The highest BCUT2D eigenvalue weighted by Crippen LogP contribution is 2.29. The molecule has 5 nitrogen and oxygen atoms in total. The standard InChI is InChI=1S/C12H17Cl2N3O2/c1-4-15-10-8(13)6-9(14)11(17-10)16-7(3)12(18)19-5-2/h6-7H,4-5H2,1-3H3,(H2,15,16,17). The van der Waals surface area contributed by atoms with E-state index in [-0.39, 0.29) is 5.97 Å². The molecule has 0 fully saturated rings. The summed E-state index contributed by atoms with van der Waals surface area (Å²) in [5.74, 6) is 0.551. The van der Waals surface area contributed by atoms with E-state index in [1.165, 1.54) is 0 Å². The first kappa shape index (κ1) is 15.9. The van der Waals surface area contributed by atoms with Crippen molar-refractivity contribution in [2.45, 2.75) is 26.8 Å². The molecule has 1 aromatic rings. The van der Waals surface area contributed by atoms with Crippen LogP contribution in [0.4, 0.5) is 11.6 Å². The first-order chi connectivity index (χ1) is 8.99. The minimum Gasteiger partial charge on any atom is -0.464 e. The molecular weight excluding hydrogens is 289 g/mol. The van der Waals surface area contributed by atoms with Crippen molar-refractivity contribution in [3.8, 4) is 0 Å². The van der Waals surface area contributed by atoms with Crippen LogP contribution in [0.2, 0.25) is 10.0 Å². The number of halogens is 2. The molecule has 0 aromatic carbocycles. The number of nitrogens with zero attached hydrogens (tertiary/aromatic N) is 1. The summed E-state index contributed by atoms with van der Waals surface area (Å²) in [7, 11) is 0. The molecule has 106 valence electrons. The Morgan fingerprint density at radius 1 is 1.37 bits per heavy atom. The second-order valence-electron chi connectivity index (χ2n) is 3.80. The van der Waals surface area contributed by atoms with Gasteiger partial charge in [0.15, 0.2) is 0 Å². The van der Waals surface area contributed by atoms with Gasteiger partial charge in [0.1, 0.15) is 17.7 Å². The van der Waals surface area contributed by atoms with Crippen molar-refractivity contribution < 1.29 is 9.53 Å². The molecule has 0 aliphatic carbocycles. The monoisotopic (exact) mass is 305 g/mol. The van der Waals surface area contributed by atoms with Crippen molar-refractivity contribution >= 4 is 40.8 Å². The summed E-state index contributed by atoms with van der Waals surface area (Å²) in [6.45, 7) is 6.37. The van der Waals surface area contributed by atoms with Crippen molar-refractivity contribution in [2.24, 2.45) is 0 Å². The van der Waals surface area contributed by atoms with E-state index in [0.29, 0.717) is 34.8 Å². The molecule has 0 bridgehead atoms. The summed E-state index contributed by atoms with van der Waals surface area (Å²) in [5, 5.41) is 6.70. The van der Waals surface area contributed by atoms with Crippen molar-refractivity contribution in [3.63, 3.8) is 0 Å². The van der Waals surface area contributed by atoms with Crippen LogP contribution >= 0.6 is 23.2 Å². The molecule has 0 amide bonds. The highest BCUT2D eigenvalue weighted by atomic mass is 35.5. The lowest BCUT2D eigenvalue weighted by molar-refractivity contribution is -0.143. The lowest BCUT2D eigenvalue weighted by Gasteiger charge is -2.16. The second-order valence-corrected chi connectivity index (χ2v) is 4.61. The zero-order chi connectivity index (χ0) is 14.4. The highest BCUT2D eigenvalue weighted by Gasteiger charge is 2.17. The molecule has 0 spiro atoms. The molecular formula is C12H17Cl2N3O2. The number of hydrogen-bond donors (Lipinski definition) is 2. The van der Waals surface area contributed by atoms with Gasteiger partial charge in [0.2, 0.25) is 0 Å². The topological polar surface area (TPSA) is 63.2 Å². The van der Waals surface area contributed by atoms with Crippen LogP contribution in [0.15, 0.2) is 6.07 Å². The van der Waals surface area contributed by atoms with Crippen molar-refractivity contribution in [1.29, 1.82) is 0 Å². The third-order valence-electron chi connectivity index (χ3n) is 2.27. The fraction of sp³-hybridized carbons (Fsp3) is 0.500. The molecule has 7 heteroatoms. The Balaban J connectivity index is 2.88. The summed E-state index contributed by atoms with van der Waals surface area (Å²) < 4.78 is 4.90. The van der Waals surface area contributed by atoms with E-state index in [1.807, 2.05) is 6.92 Å². The van der Waals surface area contributed by atoms with E-state index in [1.54, 1.807) is 19.9 Å². The third kappa shape index (κ3) is 4.44. The minimum absolute atomic E-state index is 0.329. The van der Waals surface area contributed by atoms with Gasteiger partial charge in [-0.15, -0.1) is 0 Å². The SMILES string of the molecule is CCNc1nc(NC(C)C(=O)OCC)c(Cl)cc1Cl. The Hall–Kier alpha value is -1.20. The van der Waals surface area contributed by atoms with Gasteiger partial charge in [0.25, 0.3) is 0 Å². The Labute approximate surface area is 122 Å². The minimum atomic E-state index is -0.541. The molecule has 0 radical (unpaired) electrons. The Morgan fingerprint density at radius 3 is 2.58 bits per heavy atom. The second kappa shape index (κ2) is 7.40. The maximum Gasteiger partial charge on any atom is 0.328 e. The summed E-state index contributed by atoms with van der Waals surface area (Å²) in [5.41, 5.74) is 0. The van der Waals surface area contributed by atoms with Gasteiger partial charge in [-0.25, -0.2) is 9.78 Å². The number of hydrogen-bond acceptors (Lipinski definition) is 5. The van der Waals surface area contributed by atoms with E-state index in [0.717, 1.165) is 0 Å². The Kier molecular flexibility index (Phi) is 6.18. The average Bonchev–Trinajstić information content (AvgIpc) is 2.35. The first-order valence-corrected chi connectivity index (χ1v) is 6.78. The molecule has 1 unspecified atom stereocenters. The number of anilines is 2. The summed E-state index contributed by atoms with van der Waals surface area (Å²) in [6.07, 6.45) is 0. The number of ether oxygens (including phenoxy) is 1. The molecule has 1 atom stereocenters. The predicted octanol–water partition coefficient (Wildman–Crippen LogP) is 3.18. The molecule has 0 saturated carbocycles. The number of pyridine rings is 1. The van der Waals surface area contributed by atoms with Gasteiger partial charge in [0, 0.05) is 6.54 Å². The summed E-state index contributed by atoms with van der Waals surface area (Å²) in [4.78, 5) is 15.8. The van der Waals surface area contributed by atoms with Gasteiger partial charge >= 0.3 is 5.97 Å². The van der Waals surface area contributed by atoms with Crippen molar-refractivity contribution in [1.82, 2.24) is 4.98 Å². The average molecular weight is 306 g/mol. The number of rotatable bonds is 6. The molecule has 2 N–H and O–H groups in total. The third-order valence-corrected chi connectivity index (χ3v) is 2.84. The molecule has 1 rings (SSSR count). The first-order valence-electron chi connectivity index (χ1n) is 6.02. The van der Waals surface area contributed by atoms with E-state index in [2.05, 4.69) is 15.6 Å². The molecule has 0 saturated heterocycles. The normalized spacial score (nSPS) is 11.8. The van der Waals surface area contributed by atoms with Crippen LogP contribution in [0.1, 0.15) is 20.8 Å². The van der Waals surface area contributed by atoms with Gasteiger partial charge in [-0.3, -0.25) is 0 Å². The van der Waals surface area contributed by atoms with E-state index in [4.69, 9.17) is 27.9 Å². The van der Waals surface area contributed by atoms with Crippen LogP contribution in [0.5, 0.6) is 0 Å². The highest BCUT2D eigenvalue weighted by molar-refractivity contribution is 6.37. The lowest BCUT2D eigenvalue weighted by Crippen LogP contribution is -2.28. The van der Waals surface area contributed by atoms with E-state index >= 15 is 0 Å². The quantitative estimate of drug-likeness (QED) is 0.790. The maximum atomic E-state index is 11.5. The van der Waals surface area contributed by atoms with Crippen LogP contribution in [0.3, 0.4) is 0 Å². The van der Waals surface area contributed by atoms with Gasteiger partial charge < -0.3 is 15.4 Å². The van der Waals surface area contributed by atoms with Crippen molar-refractivity contribution in [2.75, 3.05) is 23.8 Å². The van der Waals surface area contributed by atoms with Gasteiger partial charge in [-0.2, -0.15) is 0 Å². The smallest absolute Gasteiger partial charge is 0.328 e. The van der Waals surface area contributed by atoms with Crippen LogP contribution in [-0.2, 0) is 9.53 Å². The predicted molar refractivity (Wildman–Crippen MR) is 78.1 cm³/mol. The van der Waals surface area contributed by atoms with Gasteiger partial charge in [-0.1, -0.05) is 23.2 Å². The van der Waals surface area contributed by atoms with Gasteiger partial charge in [-0.05, 0) is 26.8 Å². The number of esters is 1. The summed E-state index contributed by atoms with van der Waals surface area (Å²) in [6, 6.07) is 1.04. The Morgan fingerprint density at radius 2 is 2.00 bits per heavy atom. The fourth-order valence-corrected chi connectivity index (χ4v) is 1.87. The lowest BCUT2D eigenvalue weighted by atomic mass is 10.3. The van der Waals surface area contributed by atoms with Crippen LogP contribution < -0.4 is 10.6 Å². The Bertz CT molecular complexity index is 455. The number of carbonyl (C=O) groups is 1. The number of carbonyl (C=O) groups excluding carboxylic acids is 1. The number of nitrogens with one attached hydrogen (secondary N) is 2. The van der Waals surface area contributed by atoms with Crippen LogP contribution in [0, 0.1) is 0 Å². The van der Waals surface area contributed by atoms with E-state index < -0.39 is 6.04 Å². The zero-order valence-corrected chi connectivity index (χ0v) is 12.6. The van der Waals surface area contributed by atoms with Crippen LogP contribution in [-0.4, -0.2) is 30.1 Å². The van der Waals surface area contributed by atoms with E-state index in [9.17, 15) is 4.79 Å². The number of aromatic nitrogens is 1. The molecule has 0 aliphatic heterocycles. The maximum absolute atomic E-state index is 11.5. The molecule has 19 heavy (non-hydrogen) atoms. The molecule has 1 heterocycles. The van der Waals surface area contributed by atoms with Gasteiger partial charge in [0.05, 0.1) is 16.7 Å². The largest absolute Gasteiger partial charge is 0.464 e. The zero-order valence-electron chi connectivity index (χ0n) is 11.1. The van der Waals surface area contributed by atoms with Crippen LogP contribution in [0.25, 0.3) is 0 Å².